The Balaban J connectivity index is 2.41. The Hall–Kier alpha value is -1.28. The van der Waals surface area contributed by atoms with Crippen LogP contribution in [0.1, 0.15) is 35.6 Å². The van der Waals surface area contributed by atoms with Crippen molar-refractivity contribution in [1.29, 1.82) is 0 Å². The quantitative estimate of drug-likeness (QED) is 0.818. The Morgan fingerprint density at radius 1 is 1.38 bits per heavy atom. The zero-order valence-electron chi connectivity index (χ0n) is 9.96. The molecule has 1 fully saturated rings. The number of aryl methyl sites for hydroxylation is 2. The molecule has 2 N–H and O–H groups in total. The number of nitrogens with zero attached hydrogens (tertiary/aromatic N) is 1. The number of aromatic nitrogens is 1. The molecular formula is C14H18N2. The largest absolute Gasteiger partial charge is 0.346 e. The molecule has 2 heteroatoms. The van der Waals surface area contributed by atoms with E-state index in [2.05, 4.69) is 36.7 Å². The van der Waals surface area contributed by atoms with Gasteiger partial charge in [0, 0.05) is 24.7 Å². The van der Waals surface area contributed by atoms with E-state index >= 15 is 0 Å². The first-order valence-corrected chi connectivity index (χ1v) is 6.01. The van der Waals surface area contributed by atoms with Gasteiger partial charge in [-0.25, -0.2) is 0 Å². The van der Waals surface area contributed by atoms with E-state index in [1.165, 1.54) is 40.6 Å². The molecule has 0 spiro atoms. The van der Waals surface area contributed by atoms with Crippen LogP contribution in [0, 0.1) is 6.92 Å². The summed E-state index contributed by atoms with van der Waals surface area (Å²) in [5.74, 6) is 0.768. The second-order valence-electron chi connectivity index (χ2n) is 4.87. The van der Waals surface area contributed by atoms with Crippen molar-refractivity contribution in [2.24, 2.45) is 12.8 Å². The van der Waals surface area contributed by atoms with Crippen LogP contribution < -0.4 is 5.73 Å². The van der Waals surface area contributed by atoms with Crippen LogP contribution in [0.2, 0.25) is 0 Å². The summed E-state index contributed by atoms with van der Waals surface area (Å²) >= 11 is 0. The lowest BCUT2D eigenvalue weighted by atomic mass is 10.0. The molecule has 0 unspecified atom stereocenters. The summed E-state index contributed by atoms with van der Waals surface area (Å²) in [5, 5.41) is 1.42. The number of nitrogens with two attached hydrogens (primary N) is 1. The Morgan fingerprint density at radius 3 is 2.75 bits per heavy atom. The van der Waals surface area contributed by atoms with E-state index in [1.54, 1.807) is 0 Å². The number of para-hydroxylation sites is 1. The molecule has 16 heavy (non-hydrogen) atoms. The van der Waals surface area contributed by atoms with E-state index in [0.717, 1.165) is 5.92 Å². The first-order valence-electron chi connectivity index (χ1n) is 6.01. The van der Waals surface area contributed by atoms with Crippen molar-refractivity contribution in [3.05, 3.63) is 35.0 Å². The van der Waals surface area contributed by atoms with Gasteiger partial charge in [0.2, 0.25) is 0 Å². The van der Waals surface area contributed by atoms with Crippen molar-refractivity contribution < 1.29 is 0 Å². The highest BCUT2D eigenvalue weighted by Gasteiger charge is 2.30. The van der Waals surface area contributed by atoms with E-state index in [4.69, 9.17) is 5.73 Å². The molecule has 1 aliphatic rings. The van der Waals surface area contributed by atoms with Gasteiger partial charge in [0.1, 0.15) is 0 Å². The number of hydrogen-bond acceptors (Lipinski definition) is 1. The van der Waals surface area contributed by atoms with Crippen molar-refractivity contribution in [2.75, 3.05) is 0 Å². The summed E-state index contributed by atoms with van der Waals surface area (Å²) in [6.07, 6.45) is 2.67. The lowest BCUT2D eigenvalue weighted by Gasteiger charge is -2.04. The number of rotatable bonds is 2. The van der Waals surface area contributed by atoms with E-state index in [0.29, 0.717) is 6.54 Å². The zero-order chi connectivity index (χ0) is 11.3. The van der Waals surface area contributed by atoms with Gasteiger partial charge in [0.05, 0.1) is 5.52 Å². The molecular weight excluding hydrogens is 196 g/mol. The van der Waals surface area contributed by atoms with Crippen LogP contribution in [0.25, 0.3) is 10.9 Å². The molecule has 1 heterocycles. The maximum absolute atomic E-state index is 5.91. The van der Waals surface area contributed by atoms with Gasteiger partial charge < -0.3 is 10.3 Å². The van der Waals surface area contributed by atoms with E-state index in [9.17, 15) is 0 Å². The number of benzene rings is 1. The molecule has 0 radical (unpaired) electrons. The average molecular weight is 214 g/mol. The second-order valence-corrected chi connectivity index (χ2v) is 4.87. The van der Waals surface area contributed by atoms with E-state index in [-0.39, 0.29) is 0 Å². The fraction of sp³-hybridized carbons (Fsp3) is 0.429. The fourth-order valence-electron chi connectivity index (χ4n) is 2.87. The first-order chi connectivity index (χ1) is 7.74. The zero-order valence-corrected chi connectivity index (χ0v) is 9.96. The molecule has 0 aliphatic heterocycles. The Labute approximate surface area is 96.1 Å². The van der Waals surface area contributed by atoms with Crippen LogP contribution in [-0.2, 0) is 13.6 Å². The first kappa shape index (κ1) is 9.91. The van der Waals surface area contributed by atoms with Crippen LogP contribution in [-0.4, -0.2) is 4.57 Å². The second kappa shape index (κ2) is 3.36. The minimum atomic E-state index is 0.649. The molecule has 1 aromatic carbocycles. The fourth-order valence-corrected chi connectivity index (χ4v) is 2.87. The van der Waals surface area contributed by atoms with Crippen molar-refractivity contribution in [3.8, 4) is 0 Å². The third-order valence-corrected chi connectivity index (χ3v) is 3.76. The Bertz CT molecular complexity index is 547. The molecule has 1 saturated carbocycles. The van der Waals surface area contributed by atoms with Crippen molar-refractivity contribution >= 4 is 10.9 Å². The summed E-state index contributed by atoms with van der Waals surface area (Å²) in [7, 11) is 2.14. The van der Waals surface area contributed by atoms with Crippen LogP contribution >= 0.6 is 0 Å². The van der Waals surface area contributed by atoms with Crippen LogP contribution in [0.15, 0.2) is 18.2 Å². The maximum atomic E-state index is 5.91. The Kier molecular flexibility index (Phi) is 2.08. The minimum Gasteiger partial charge on any atom is -0.346 e. The standard InChI is InChI=1S/C14H18N2/c1-9-4-3-5-11-13(10-6-7-10)12(8-15)16(2)14(9)11/h3-5,10H,6-8,15H2,1-2H3. The minimum absolute atomic E-state index is 0.649. The van der Waals surface area contributed by atoms with Gasteiger partial charge in [0.15, 0.2) is 0 Å². The molecule has 0 atom stereocenters. The van der Waals surface area contributed by atoms with Gasteiger partial charge in [-0.05, 0) is 36.8 Å². The summed E-state index contributed by atoms with van der Waals surface area (Å²) in [6.45, 7) is 2.83. The van der Waals surface area contributed by atoms with Gasteiger partial charge >= 0.3 is 0 Å². The van der Waals surface area contributed by atoms with E-state index < -0.39 is 0 Å². The van der Waals surface area contributed by atoms with Gasteiger partial charge in [0.25, 0.3) is 0 Å². The van der Waals surface area contributed by atoms with Gasteiger partial charge in [-0.3, -0.25) is 0 Å². The van der Waals surface area contributed by atoms with Crippen LogP contribution in [0.4, 0.5) is 0 Å². The van der Waals surface area contributed by atoms with Crippen molar-refractivity contribution in [1.82, 2.24) is 4.57 Å². The molecule has 0 amide bonds. The monoisotopic (exact) mass is 214 g/mol. The molecule has 3 rings (SSSR count). The average Bonchev–Trinajstić information content (AvgIpc) is 3.05. The van der Waals surface area contributed by atoms with Crippen molar-refractivity contribution in [3.63, 3.8) is 0 Å². The summed E-state index contributed by atoms with van der Waals surface area (Å²) in [4.78, 5) is 0. The molecule has 2 aromatic rings. The maximum Gasteiger partial charge on any atom is 0.0512 e. The van der Waals surface area contributed by atoms with Gasteiger partial charge in [-0.1, -0.05) is 18.2 Å². The predicted octanol–water partition coefficient (Wildman–Crippen LogP) is 2.82. The van der Waals surface area contributed by atoms with Gasteiger partial charge in [-0.15, -0.1) is 0 Å². The molecule has 1 aromatic heterocycles. The molecule has 2 nitrogen and oxygen atoms in total. The van der Waals surface area contributed by atoms with Crippen molar-refractivity contribution in [2.45, 2.75) is 32.2 Å². The summed E-state index contributed by atoms with van der Waals surface area (Å²) in [5.41, 5.74) is 11.5. The summed E-state index contributed by atoms with van der Waals surface area (Å²) in [6, 6.07) is 6.58. The highest BCUT2D eigenvalue weighted by atomic mass is 15.0. The summed E-state index contributed by atoms with van der Waals surface area (Å²) < 4.78 is 2.29. The SMILES string of the molecule is Cc1cccc2c(C3CC3)c(CN)n(C)c12. The molecule has 0 saturated heterocycles. The molecule has 1 aliphatic carbocycles. The van der Waals surface area contributed by atoms with E-state index in [1.807, 2.05) is 0 Å². The topological polar surface area (TPSA) is 30.9 Å². The highest BCUT2D eigenvalue weighted by Crippen LogP contribution is 2.46. The Morgan fingerprint density at radius 2 is 2.12 bits per heavy atom. The van der Waals surface area contributed by atoms with Gasteiger partial charge in [-0.2, -0.15) is 0 Å². The lowest BCUT2D eigenvalue weighted by molar-refractivity contribution is 0.827. The normalized spacial score (nSPS) is 15.9. The molecule has 0 bridgehead atoms. The third-order valence-electron chi connectivity index (χ3n) is 3.76. The van der Waals surface area contributed by atoms with Crippen LogP contribution in [0.3, 0.4) is 0 Å². The lowest BCUT2D eigenvalue weighted by Crippen LogP contribution is -2.05. The third kappa shape index (κ3) is 1.23. The van der Waals surface area contributed by atoms with Crippen LogP contribution in [0.5, 0.6) is 0 Å². The molecule has 84 valence electrons. The number of fused-ring (bicyclic) bond motifs is 1. The number of hydrogen-bond donors (Lipinski definition) is 1. The highest BCUT2D eigenvalue weighted by molar-refractivity contribution is 5.89. The predicted molar refractivity (Wildman–Crippen MR) is 67.5 cm³/mol. The smallest absolute Gasteiger partial charge is 0.0512 e.